The van der Waals surface area contributed by atoms with Gasteiger partial charge >= 0.3 is 23.2 Å². The van der Waals surface area contributed by atoms with Crippen LogP contribution in [0.4, 0.5) is 13.2 Å². The first-order valence-corrected chi connectivity index (χ1v) is 14.6. The highest BCUT2D eigenvalue weighted by Gasteiger charge is 2.53. The molecule has 0 aliphatic rings. The van der Waals surface area contributed by atoms with Crippen molar-refractivity contribution in [2.45, 2.75) is 62.8 Å². The van der Waals surface area contributed by atoms with Gasteiger partial charge in [-0.2, -0.15) is 13.2 Å². The lowest BCUT2D eigenvalue weighted by atomic mass is 9.80. The minimum atomic E-state index is -6.15. The van der Waals surface area contributed by atoms with Crippen LogP contribution in [0.15, 0.2) is 29.2 Å². The second-order valence-corrected chi connectivity index (χ2v) is 10.9. The van der Waals surface area contributed by atoms with E-state index in [9.17, 15) is 46.4 Å². The van der Waals surface area contributed by atoms with Gasteiger partial charge in [0.05, 0.1) is 18.1 Å². The van der Waals surface area contributed by atoms with E-state index in [-0.39, 0.29) is 13.2 Å². The Labute approximate surface area is 241 Å². The zero-order chi connectivity index (χ0) is 31.9. The Kier molecular flexibility index (Phi) is 15.5. The molecule has 0 aliphatic heterocycles. The number of hydrogen-bond acceptors (Lipinski definition) is 11. The topological polar surface area (TPSA) is 169 Å². The van der Waals surface area contributed by atoms with E-state index >= 15 is 0 Å². The largest absolute Gasteiger partial charge is 0.501 e. The predicted octanol–water partition coefficient (Wildman–Crippen LogP) is 3.33. The third kappa shape index (κ3) is 10.5. The zero-order valence-corrected chi connectivity index (χ0v) is 24.4. The highest BCUT2D eigenvalue weighted by molar-refractivity contribution is 7.92. The number of carbonyl (C=O) groups is 3. The summed E-state index contributed by atoms with van der Waals surface area (Å²) >= 11 is 0. The minimum Gasteiger partial charge on any atom is -0.463 e. The van der Waals surface area contributed by atoms with Gasteiger partial charge < -0.3 is 24.2 Å². The van der Waals surface area contributed by atoms with E-state index in [1.165, 1.54) is 0 Å². The first-order valence-electron chi connectivity index (χ1n) is 13.1. The van der Waals surface area contributed by atoms with Crippen LogP contribution in [0.5, 0.6) is 0 Å². The van der Waals surface area contributed by atoms with Crippen LogP contribution in [0.3, 0.4) is 0 Å². The highest BCUT2D eigenvalue weighted by atomic mass is 32.2. The number of benzene rings is 1. The quantitative estimate of drug-likeness (QED) is 0.0454. The molecule has 0 aliphatic carbocycles. The van der Waals surface area contributed by atoms with Gasteiger partial charge in [0.15, 0.2) is 0 Å². The molecule has 12 nitrogen and oxygen atoms in total. The normalized spacial score (nSPS) is 14.0. The summed E-state index contributed by atoms with van der Waals surface area (Å²) in [7, 11) is -6.15. The van der Waals surface area contributed by atoms with Crippen molar-refractivity contribution in [2.75, 3.05) is 39.6 Å². The van der Waals surface area contributed by atoms with Gasteiger partial charge in [0.2, 0.25) is 0 Å². The summed E-state index contributed by atoms with van der Waals surface area (Å²) in [5, 5.41) is 22.2. The number of hydrogen-bond donors (Lipinski definition) is 1. The maximum atomic E-state index is 13.6. The SMILES string of the molecule is CCCCOCCOC(=O)C(C(c1ccccc1S(=O)(=O)C(F)(F)F)C(C(C)=O)C(=O)OCCOCCCC)=[N+]([O-])O. The van der Waals surface area contributed by atoms with Gasteiger partial charge in [-0.15, -0.1) is 0 Å². The van der Waals surface area contributed by atoms with Gasteiger partial charge in [0.25, 0.3) is 9.84 Å². The first kappa shape index (κ1) is 36.8. The Morgan fingerprint density at radius 2 is 1.45 bits per heavy atom. The summed E-state index contributed by atoms with van der Waals surface area (Å²) in [4.78, 5) is 36.3. The summed E-state index contributed by atoms with van der Waals surface area (Å²) in [5.74, 6) is -8.80. The summed E-state index contributed by atoms with van der Waals surface area (Å²) in [6.07, 6.45) is 3.02. The number of sulfone groups is 1. The van der Waals surface area contributed by atoms with Crippen molar-refractivity contribution in [3.05, 3.63) is 35.0 Å². The van der Waals surface area contributed by atoms with Gasteiger partial charge in [0, 0.05) is 18.1 Å². The van der Waals surface area contributed by atoms with Crippen LogP contribution in [0.2, 0.25) is 0 Å². The monoisotopic (exact) mass is 627 g/mol. The molecule has 16 heteroatoms. The molecule has 238 valence electrons. The maximum absolute atomic E-state index is 13.6. The van der Waals surface area contributed by atoms with Crippen molar-refractivity contribution < 1.29 is 65.0 Å². The average molecular weight is 628 g/mol. The number of alkyl halides is 3. The zero-order valence-electron chi connectivity index (χ0n) is 23.6. The minimum absolute atomic E-state index is 0.121. The number of unbranched alkanes of at least 4 members (excludes halogenated alkanes) is 2. The number of halogens is 3. The molecule has 0 saturated carbocycles. The van der Waals surface area contributed by atoms with Crippen LogP contribution >= 0.6 is 0 Å². The molecular weight excluding hydrogens is 591 g/mol. The van der Waals surface area contributed by atoms with Crippen molar-refractivity contribution in [1.82, 2.24) is 0 Å². The summed E-state index contributed by atoms with van der Waals surface area (Å²) in [6, 6.07) is 3.27. The van der Waals surface area contributed by atoms with Crippen LogP contribution in [0.25, 0.3) is 0 Å². The molecule has 42 heavy (non-hydrogen) atoms. The molecule has 0 radical (unpaired) electrons. The molecule has 1 N–H and O–H groups in total. The molecule has 0 spiro atoms. The molecular formula is C26H36F3NO11S. The number of ether oxygens (including phenoxy) is 4. The third-order valence-corrected chi connectivity index (χ3v) is 7.36. The van der Waals surface area contributed by atoms with Crippen LogP contribution in [0.1, 0.15) is 57.9 Å². The van der Waals surface area contributed by atoms with E-state index in [1.807, 2.05) is 13.8 Å². The second kappa shape index (κ2) is 17.7. The number of Topliss-reactive ketones (excluding diaryl/α,β-unsaturated/α-hetero) is 1. The molecule has 1 rings (SSSR count). The van der Waals surface area contributed by atoms with Gasteiger partial charge in [-0.3, -0.25) is 14.8 Å². The molecule has 0 amide bonds. The average Bonchev–Trinajstić information content (AvgIpc) is 2.91. The van der Waals surface area contributed by atoms with Crippen LogP contribution < -0.4 is 0 Å². The van der Waals surface area contributed by atoms with E-state index in [4.69, 9.17) is 18.9 Å². The van der Waals surface area contributed by atoms with Crippen LogP contribution in [0, 0.1) is 11.1 Å². The fourth-order valence-electron chi connectivity index (χ4n) is 3.71. The molecule has 1 aromatic carbocycles. The molecule has 0 heterocycles. The molecule has 0 aromatic heterocycles. The van der Waals surface area contributed by atoms with E-state index in [1.54, 1.807) is 0 Å². The Hall–Kier alpha value is -3.24. The smallest absolute Gasteiger partial charge is 0.463 e. The van der Waals surface area contributed by atoms with Crippen molar-refractivity contribution in [3.8, 4) is 0 Å². The summed E-state index contributed by atoms with van der Waals surface area (Å²) in [5.41, 5.74) is -8.22. The maximum Gasteiger partial charge on any atom is 0.501 e. The molecule has 1 aromatic rings. The van der Waals surface area contributed by atoms with E-state index in [0.717, 1.165) is 38.0 Å². The predicted molar refractivity (Wildman–Crippen MR) is 140 cm³/mol. The molecule has 2 atom stereocenters. The van der Waals surface area contributed by atoms with Crippen molar-refractivity contribution >= 4 is 33.3 Å². The van der Waals surface area contributed by atoms with E-state index in [2.05, 4.69) is 0 Å². The van der Waals surface area contributed by atoms with Gasteiger partial charge in [0.1, 0.15) is 30.8 Å². The Bertz CT molecular complexity index is 1180. The lowest BCUT2D eigenvalue weighted by Crippen LogP contribution is -2.42. The van der Waals surface area contributed by atoms with Crippen LogP contribution in [-0.4, -0.2) is 87.1 Å². The highest BCUT2D eigenvalue weighted by Crippen LogP contribution is 2.38. The number of esters is 2. The van der Waals surface area contributed by atoms with Crippen molar-refractivity contribution in [2.24, 2.45) is 5.92 Å². The van der Waals surface area contributed by atoms with Crippen molar-refractivity contribution in [1.29, 1.82) is 0 Å². The van der Waals surface area contributed by atoms with E-state index < -0.39 is 79.2 Å². The first-order chi connectivity index (χ1) is 19.7. The molecule has 0 saturated heterocycles. The van der Waals surface area contributed by atoms with Crippen LogP contribution in [-0.2, 0) is 43.2 Å². The van der Waals surface area contributed by atoms with Gasteiger partial charge in [-0.05, 0) is 31.4 Å². The van der Waals surface area contributed by atoms with Gasteiger partial charge in [-0.1, -0.05) is 44.9 Å². The number of carbonyl (C=O) groups excluding carboxylic acids is 3. The fourth-order valence-corrected chi connectivity index (χ4v) is 4.72. The lowest BCUT2D eigenvalue weighted by Gasteiger charge is -2.24. The lowest BCUT2D eigenvalue weighted by molar-refractivity contribution is -0.726. The Morgan fingerprint density at radius 3 is 1.93 bits per heavy atom. The summed E-state index contributed by atoms with van der Waals surface area (Å²) in [6.45, 7) is 4.08. The molecule has 2 unspecified atom stereocenters. The standard InChI is InChI=1S/C26H36F3NO11S/c1-4-6-12-38-14-16-40-24(32)21(18(3)31)22(19-10-8-9-11-20(19)42(36,37)26(27,28)29)23(30(34)35)25(33)41-17-15-39-13-7-5-2/h8-11,21-22H,4-7,12-17H2,1-3H3,(H,34,35). The number of nitrogens with zero attached hydrogens (tertiary/aromatic N) is 1. The van der Waals surface area contributed by atoms with Crippen molar-refractivity contribution in [3.63, 3.8) is 0 Å². The fraction of sp³-hybridized carbons (Fsp3) is 0.615. The number of ketones is 1. The van der Waals surface area contributed by atoms with E-state index in [0.29, 0.717) is 32.1 Å². The molecule has 0 bridgehead atoms. The molecule has 0 fully saturated rings. The van der Waals surface area contributed by atoms with Gasteiger partial charge in [-0.25, -0.2) is 13.2 Å². The Morgan fingerprint density at radius 1 is 0.929 bits per heavy atom. The third-order valence-electron chi connectivity index (χ3n) is 5.80. The number of rotatable bonds is 19. The Balaban J connectivity index is 3.64. The summed E-state index contributed by atoms with van der Waals surface area (Å²) < 4.78 is 86.2. The second-order valence-electron chi connectivity index (χ2n) is 8.95.